The number of anilines is 1. The van der Waals surface area contributed by atoms with E-state index in [0.29, 0.717) is 48.8 Å². The van der Waals surface area contributed by atoms with Crippen LogP contribution in [0.25, 0.3) is 20.7 Å². The summed E-state index contributed by atoms with van der Waals surface area (Å²) in [7, 11) is 0. The Kier molecular flexibility index (Phi) is 5.92. The zero-order valence-corrected chi connectivity index (χ0v) is 18.9. The third kappa shape index (κ3) is 4.52. The van der Waals surface area contributed by atoms with Gasteiger partial charge in [-0.2, -0.15) is 0 Å². The van der Waals surface area contributed by atoms with Crippen molar-refractivity contribution in [2.24, 2.45) is 0 Å². The van der Waals surface area contributed by atoms with E-state index in [1.54, 1.807) is 16.2 Å². The summed E-state index contributed by atoms with van der Waals surface area (Å²) in [5.41, 5.74) is 0.693. The first-order chi connectivity index (χ1) is 16.0. The summed E-state index contributed by atoms with van der Waals surface area (Å²) in [6.45, 7) is 2.47. The smallest absolute Gasteiger partial charge is 0.322 e. The number of urea groups is 1. The predicted molar refractivity (Wildman–Crippen MR) is 126 cm³/mol. The lowest BCUT2D eigenvalue weighted by atomic mass is 10.2. The monoisotopic (exact) mass is 487 g/mol. The molecular formula is C22H19F2N5O2S2. The van der Waals surface area contributed by atoms with Crippen LogP contribution in [0, 0.1) is 11.6 Å². The lowest BCUT2D eigenvalue weighted by Crippen LogP contribution is -2.49. The van der Waals surface area contributed by atoms with Gasteiger partial charge in [-0.05, 0) is 23.6 Å². The van der Waals surface area contributed by atoms with Gasteiger partial charge in [0.25, 0.3) is 5.56 Å². The number of carbonyl (C=O) groups excluding carboxylic acids is 1. The third-order valence-electron chi connectivity index (χ3n) is 5.49. The van der Waals surface area contributed by atoms with Crippen LogP contribution in [-0.2, 0) is 6.54 Å². The van der Waals surface area contributed by atoms with Crippen LogP contribution in [0.3, 0.4) is 0 Å². The van der Waals surface area contributed by atoms with Gasteiger partial charge in [-0.1, -0.05) is 6.07 Å². The minimum atomic E-state index is -0.816. The van der Waals surface area contributed by atoms with Gasteiger partial charge in [-0.3, -0.25) is 9.69 Å². The van der Waals surface area contributed by atoms with Crippen molar-refractivity contribution in [1.29, 1.82) is 0 Å². The molecule has 2 N–H and O–H groups in total. The number of carbonyl (C=O) groups is 1. The van der Waals surface area contributed by atoms with Gasteiger partial charge in [0.05, 0.1) is 17.6 Å². The molecule has 3 aromatic heterocycles. The SMILES string of the molecule is O=C(Nc1ccc(F)cc1F)N1CCN(Cc2nc3scc(-c4cccs4)c3c(=O)[nH]2)CC1. The minimum absolute atomic E-state index is 0.0585. The number of piperazine rings is 1. The van der Waals surface area contributed by atoms with Gasteiger partial charge in [0.15, 0.2) is 0 Å². The van der Waals surface area contributed by atoms with Gasteiger partial charge in [0, 0.05) is 48.1 Å². The molecule has 0 unspecified atom stereocenters. The number of hydrogen-bond acceptors (Lipinski definition) is 6. The highest BCUT2D eigenvalue weighted by molar-refractivity contribution is 7.18. The largest absolute Gasteiger partial charge is 0.322 e. The number of fused-ring (bicyclic) bond motifs is 1. The number of nitrogens with zero attached hydrogens (tertiary/aromatic N) is 3. The summed E-state index contributed by atoms with van der Waals surface area (Å²) in [6, 6.07) is 6.53. The predicted octanol–water partition coefficient (Wildman–Crippen LogP) is 4.34. The van der Waals surface area contributed by atoms with Crippen LogP contribution in [0.2, 0.25) is 0 Å². The summed E-state index contributed by atoms with van der Waals surface area (Å²) >= 11 is 3.04. The normalized spacial score (nSPS) is 14.7. The molecule has 0 saturated carbocycles. The number of hydrogen-bond donors (Lipinski definition) is 2. The number of thiophene rings is 2. The molecule has 1 aromatic carbocycles. The van der Waals surface area contributed by atoms with Gasteiger partial charge in [0.1, 0.15) is 22.3 Å². The molecular weight excluding hydrogens is 468 g/mol. The van der Waals surface area contributed by atoms with Crippen LogP contribution >= 0.6 is 22.7 Å². The highest BCUT2D eigenvalue weighted by Gasteiger charge is 2.23. The molecule has 0 radical (unpaired) electrons. The second kappa shape index (κ2) is 9.00. The van der Waals surface area contributed by atoms with Crippen LogP contribution in [0.1, 0.15) is 5.82 Å². The van der Waals surface area contributed by atoms with E-state index < -0.39 is 17.7 Å². The highest BCUT2D eigenvalue weighted by atomic mass is 32.1. The number of halogens is 2. The average molecular weight is 488 g/mol. The van der Waals surface area contributed by atoms with E-state index in [1.807, 2.05) is 22.9 Å². The van der Waals surface area contributed by atoms with Gasteiger partial charge < -0.3 is 15.2 Å². The van der Waals surface area contributed by atoms with Crippen molar-refractivity contribution in [2.45, 2.75) is 6.54 Å². The van der Waals surface area contributed by atoms with Crippen LogP contribution in [-0.4, -0.2) is 52.0 Å². The maximum Gasteiger partial charge on any atom is 0.322 e. The Morgan fingerprint density at radius 3 is 2.70 bits per heavy atom. The number of aromatic amines is 1. The quantitative estimate of drug-likeness (QED) is 0.449. The number of rotatable bonds is 4. The standard InChI is InChI=1S/C22H19F2N5O2S2/c23-13-3-4-16(15(24)10-13)25-22(31)29-7-5-28(6-8-29)11-18-26-20(30)19-14(12-33-21(19)27-18)17-2-1-9-32-17/h1-4,9-10,12H,5-8,11H2,(H,25,31)(H,26,27,30). The highest BCUT2D eigenvalue weighted by Crippen LogP contribution is 2.33. The minimum Gasteiger partial charge on any atom is -0.322 e. The van der Waals surface area contributed by atoms with E-state index in [4.69, 9.17) is 0 Å². The van der Waals surface area contributed by atoms with E-state index >= 15 is 0 Å². The van der Waals surface area contributed by atoms with Gasteiger partial charge in [-0.25, -0.2) is 18.6 Å². The van der Waals surface area contributed by atoms with Crippen LogP contribution in [0.4, 0.5) is 19.3 Å². The van der Waals surface area contributed by atoms with Crippen molar-refractivity contribution in [3.63, 3.8) is 0 Å². The molecule has 0 bridgehead atoms. The molecule has 33 heavy (non-hydrogen) atoms. The Morgan fingerprint density at radius 2 is 1.97 bits per heavy atom. The maximum absolute atomic E-state index is 13.8. The molecule has 5 rings (SSSR count). The Labute approximate surface area is 195 Å². The zero-order valence-electron chi connectivity index (χ0n) is 17.3. The van der Waals surface area contributed by atoms with E-state index in [-0.39, 0.29) is 11.2 Å². The second-order valence-electron chi connectivity index (χ2n) is 7.64. The second-order valence-corrected chi connectivity index (χ2v) is 9.44. The molecule has 1 aliphatic rings. The molecule has 0 aliphatic carbocycles. The summed E-state index contributed by atoms with van der Waals surface area (Å²) < 4.78 is 26.8. The van der Waals surface area contributed by atoms with E-state index in [0.717, 1.165) is 22.6 Å². The molecule has 170 valence electrons. The van der Waals surface area contributed by atoms with E-state index in [9.17, 15) is 18.4 Å². The average Bonchev–Trinajstić information content (AvgIpc) is 3.46. The first kappa shape index (κ1) is 21.7. The first-order valence-corrected chi connectivity index (χ1v) is 12.0. The number of aromatic nitrogens is 2. The Balaban J connectivity index is 1.22. The van der Waals surface area contributed by atoms with Gasteiger partial charge >= 0.3 is 6.03 Å². The fourth-order valence-electron chi connectivity index (χ4n) is 3.79. The third-order valence-corrected chi connectivity index (χ3v) is 7.26. The van der Waals surface area contributed by atoms with Crippen molar-refractivity contribution in [3.8, 4) is 10.4 Å². The molecule has 1 fully saturated rings. The molecule has 7 nitrogen and oxygen atoms in total. The molecule has 0 atom stereocenters. The Bertz CT molecular complexity index is 1360. The molecule has 4 heterocycles. The van der Waals surface area contributed by atoms with Crippen LogP contribution < -0.4 is 10.9 Å². The molecule has 0 spiro atoms. The topological polar surface area (TPSA) is 81.3 Å². The molecule has 2 amide bonds. The lowest BCUT2D eigenvalue weighted by molar-refractivity contribution is 0.141. The van der Waals surface area contributed by atoms with Crippen molar-refractivity contribution in [1.82, 2.24) is 19.8 Å². The number of benzene rings is 1. The molecule has 1 aliphatic heterocycles. The molecule has 4 aromatic rings. The molecule has 11 heteroatoms. The Morgan fingerprint density at radius 1 is 1.15 bits per heavy atom. The zero-order chi connectivity index (χ0) is 22.9. The van der Waals surface area contributed by atoms with Crippen LogP contribution in [0.5, 0.6) is 0 Å². The van der Waals surface area contributed by atoms with Crippen LogP contribution in [0.15, 0.2) is 45.9 Å². The van der Waals surface area contributed by atoms with Gasteiger partial charge in [0.2, 0.25) is 0 Å². The number of amides is 2. The summed E-state index contributed by atoms with van der Waals surface area (Å²) in [4.78, 5) is 38.2. The first-order valence-electron chi connectivity index (χ1n) is 10.3. The summed E-state index contributed by atoms with van der Waals surface area (Å²) in [5, 5.41) is 7.03. The van der Waals surface area contributed by atoms with Crippen molar-refractivity contribution < 1.29 is 13.6 Å². The van der Waals surface area contributed by atoms with Gasteiger partial charge in [-0.15, -0.1) is 22.7 Å². The summed E-state index contributed by atoms with van der Waals surface area (Å²) in [6.07, 6.45) is 0. The number of nitrogens with one attached hydrogen (secondary N) is 2. The lowest BCUT2D eigenvalue weighted by Gasteiger charge is -2.34. The fourth-order valence-corrected chi connectivity index (χ4v) is 5.57. The van der Waals surface area contributed by atoms with Crippen molar-refractivity contribution in [3.05, 3.63) is 68.9 Å². The molecule has 1 saturated heterocycles. The van der Waals surface area contributed by atoms with Crippen molar-refractivity contribution >= 4 is 44.6 Å². The van der Waals surface area contributed by atoms with Crippen molar-refractivity contribution in [2.75, 3.05) is 31.5 Å². The van der Waals surface area contributed by atoms with E-state index in [1.165, 1.54) is 17.4 Å². The Hall–Kier alpha value is -3.15. The van der Waals surface area contributed by atoms with E-state index in [2.05, 4.69) is 20.2 Å². The fraction of sp³-hybridized carbons (Fsp3) is 0.227. The number of H-pyrrole nitrogens is 1. The maximum atomic E-state index is 13.8. The summed E-state index contributed by atoms with van der Waals surface area (Å²) in [5.74, 6) is -0.934.